The van der Waals surface area contributed by atoms with Gasteiger partial charge in [0.25, 0.3) is 0 Å². The Morgan fingerprint density at radius 1 is 1.05 bits per heavy atom. The van der Waals surface area contributed by atoms with E-state index in [1.807, 2.05) is 28.6 Å². The lowest BCUT2D eigenvalue weighted by Crippen LogP contribution is -2.46. The van der Waals surface area contributed by atoms with Gasteiger partial charge in [0.05, 0.1) is 10.5 Å². The van der Waals surface area contributed by atoms with Crippen LogP contribution in [-0.4, -0.2) is 52.2 Å². The van der Waals surface area contributed by atoms with E-state index in [1.54, 1.807) is 43.7 Å². The molecule has 37 heavy (non-hydrogen) atoms. The van der Waals surface area contributed by atoms with Gasteiger partial charge in [0.1, 0.15) is 28.4 Å². The number of halogens is 1. The van der Waals surface area contributed by atoms with Crippen molar-refractivity contribution in [1.29, 1.82) is 0 Å². The first kappa shape index (κ1) is 25.0. The summed E-state index contributed by atoms with van der Waals surface area (Å²) < 4.78 is 28.5. The topological polar surface area (TPSA) is 119 Å². The fourth-order valence-electron chi connectivity index (χ4n) is 4.24. The van der Waals surface area contributed by atoms with Gasteiger partial charge >= 0.3 is 0 Å². The molecule has 4 aromatic rings. The summed E-state index contributed by atoms with van der Waals surface area (Å²) in [7, 11) is -1.32. The zero-order valence-electron chi connectivity index (χ0n) is 20.3. The second-order valence-electron chi connectivity index (χ2n) is 9.12. The lowest BCUT2D eigenvalue weighted by molar-refractivity contribution is -0.00511. The third-order valence-electron chi connectivity index (χ3n) is 6.34. The van der Waals surface area contributed by atoms with Crippen LogP contribution in [0.5, 0.6) is 0 Å². The van der Waals surface area contributed by atoms with Crippen molar-refractivity contribution < 1.29 is 13.7 Å². The first-order valence-corrected chi connectivity index (χ1v) is 13.1. The zero-order valence-corrected chi connectivity index (χ0v) is 21.1. The molecule has 2 aromatic heterocycles. The number of hydrogen-bond donors (Lipinski definition) is 4. The summed E-state index contributed by atoms with van der Waals surface area (Å²) in [4.78, 5) is 16.6. The maximum atomic E-state index is 13.5. The summed E-state index contributed by atoms with van der Waals surface area (Å²) >= 11 is 0. The number of aromatic nitrogens is 4. The molecule has 1 atom stereocenters. The fraction of sp³-hybridized carbons (Fsp3) is 0.269. The Labute approximate surface area is 216 Å². The van der Waals surface area contributed by atoms with Gasteiger partial charge in [-0.1, -0.05) is 0 Å². The van der Waals surface area contributed by atoms with Crippen molar-refractivity contribution in [3.8, 4) is 0 Å². The molecule has 9 nitrogen and oxygen atoms in total. The molecule has 192 valence electrons. The Kier molecular flexibility index (Phi) is 7.26. The average Bonchev–Trinajstić information content (AvgIpc) is 3.39. The van der Waals surface area contributed by atoms with E-state index in [1.165, 1.54) is 6.07 Å². The van der Waals surface area contributed by atoms with Crippen LogP contribution in [0, 0.1) is 12.7 Å². The third-order valence-corrected chi connectivity index (χ3v) is 7.85. The number of imidazole rings is 1. The van der Waals surface area contributed by atoms with Crippen LogP contribution in [-0.2, 0) is 17.4 Å². The van der Waals surface area contributed by atoms with E-state index in [9.17, 15) is 13.7 Å². The molecule has 1 aliphatic heterocycles. The van der Waals surface area contributed by atoms with E-state index in [-0.39, 0.29) is 5.82 Å². The van der Waals surface area contributed by atoms with Gasteiger partial charge in [0.2, 0.25) is 5.95 Å². The van der Waals surface area contributed by atoms with Crippen LogP contribution in [0.15, 0.2) is 72.0 Å². The minimum absolute atomic E-state index is 0.258. The number of H-pyrrole nitrogens is 1. The second kappa shape index (κ2) is 10.8. The van der Waals surface area contributed by atoms with Gasteiger partial charge < -0.3 is 20.7 Å². The predicted octanol–water partition coefficient (Wildman–Crippen LogP) is 4.23. The normalized spacial score (nSPS) is 16.3. The highest BCUT2D eigenvalue weighted by molar-refractivity contribution is 7.82. The molecular weight excluding hydrogens is 493 g/mol. The predicted molar refractivity (Wildman–Crippen MR) is 141 cm³/mol. The smallest absolute Gasteiger partial charge is 0.229 e. The molecule has 1 saturated heterocycles. The van der Waals surface area contributed by atoms with Crippen molar-refractivity contribution in [1.82, 2.24) is 24.2 Å². The lowest BCUT2D eigenvalue weighted by atomic mass is 9.89. The van der Waals surface area contributed by atoms with E-state index in [4.69, 9.17) is 0 Å². The molecule has 2 aromatic carbocycles. The molecule has 1 fully saturated rings. The number of nitrogens with one attached hydrogen (secondary N) is 3. The van der Waals surface area contributed by atoms with Crippen molar-refractivity contribution in [2.75, 3.05) is 23.7 Å². The van der Waals surface area contributed by atoms with Gasteiger partial charge in [-0.15, -0.1) is 0 Å². The second-order valence-corrected chi connectivity index (χ2v) is 10.6. The van der Waals surface area contributed by atoms with E-state index >= 15 is 0 Å². The molecule has 0 radical (unpaired) electrons. The number of hydrogen-bond acceptors (Lipinski definition) is 7. The van der Waals surface area contributed by atoms with E-state index < -0.39 is 16.6 Å². The SMILES string of the molecule is Cc1cc(Nc2ccnc(Nc3ccc(S(=O)N4CCC(O)(Cc5ncc[nH]5)CC4)cc3)n2)ccc1F. The van der Waals surface area contributed by atoms with E-state index in [2.05, 4.69) is 30.6 Å². The van der Waals surface area contributed by atoms with Crippen LogP contribution in [0.3, 0.4) is 0 Å². The molecule has 0 amide bonds. The fourth-order valence-corrected chi connectivity index (χ4v) is 5.42. The van der Waals surface area contributed by atoms with Gasteiger partial charge in [0, 0.05) is 49.5 Å². The van der Waals surface area contributed by atoms with Crippen LogP contribution >= 0.6 is 0 Å². The lowest BCUT2D eigenvalue weighted by Gasteiger charge is -2.37. The molecule has 0 saturated carbocycles. The monoisotopic (exact) mass is 521 g/mol. The molecule has 0 aliphatic carbocycles. The largest absolute Gasteiger partial charge is 0.389 e. The summed E-state index contributed by atoms with van der Waals surface area (Å²) in [6.07, 6.45) is 6.56. The molecule has 1 unspecified atom stereocenters. The highest BCUT2D eigenvalue weighted by atomic mass is 32.2. The number of aryl methyl sites for hydroxylation is 1. The van der Waals surface area contributed by atoms with Crippen LogP contribution in [0.25, 0.3) is 0 Å². The third kappa shape index (κ3) is 6.19. The molecule has 0 spiro atoms. The maximum absolute atomic E-state index is 13.5. The zero-order chi connectivity index (χ0) is 25.8. The summed E-state index contributed by atoms with van der Waals surface area (Å²) in [5.74, 6) is 1.46. The Bertz CT molecular complexity index is 1370. The van der Waals surface area contributed by atoms with Crippen LogP contribution in [0.2, 0.25) is 0 Å². The highest BCUT2D eigenvalue weighted by Crippen LogP contribution is 2.28. The molecule has 11 heteroatoms. The van der Waals surface area contributed by atoms with Crippen molar-refractivity contribution in [3.05, 3.63) is 84.3 Å². The maximum Gasteiger partial charge on any atom is 0.229 e. The number of rotatable bonds is 8. The van der Waals surface area contributed by atoms with E-state index in [0.717, 1.165) is 17.2 Å². The van der Waals surface area contributed by atoms with Crippen LogP contribution in [0.1, 0.15) is 24.2 Å². The number of aliphatic hydroxyl groups is 1. The summed E-state index contributed by atoms with van der Waals surface area (Å²) in [5.41, 5.74) is 1.18. The van der Waals surface area contributed by atoms with Crippen LogP contribution in [0.4, 0.5) is 27.5 Å². The van der Waals surface area contributed by atoms with Crippen LogP contribution < -0.4 is 10.6 Å². The molecular formula is C26H28FN7O2S. The van der Waals surface area contributed by atoms with Crippen molar-refractivity contribution in [2.24, 2.45) is 0 Å². The molecule has 4 N–H and O–H groups in total. The molecule has 0 bridgehead atoms. The van der Waals surface area contributed by atoms with Gasteiger partial charge in [-0.05, 0) is 73.9 Å². The number of piperidine rings is 1. The molecule has 5 rings (SSSR count). The number of anilines is 4. The van der Waals surface area contributed by atoms with Gasteiger partial charge in [0.15, 0.2) is 0 Å². The first-order valence-electron chi connectivity index (χ1n) is 12.0. The standard InChI is InChI=1S/C26H28FN7O2S/c1-18-16-20(4-7-22(18)27)31-23-8-11-30-25(33-23)32-19-2-5-21(6-3-19)37(36)34-14-9-26(35,10-15-34)17-24-28-12-13-29-24/h2-8,11-13,16,35H,9-10,14-15,17H2,1H3,(H,28,29)(H2,30,31,32,33). The minimum atomic E-state index is -1.32. The summed E-state index contributed by atoms with van der Waals surface area (Å²) in [5, 5.41) is 17.2. The van der Waals surface area contributed by atoms with Gasteiger partial charge in [-0.3, -0.25) is 0 Å². The van der Waals surface area contributed by atoms with Crippen molar-refractivity contribution in [3.63, 3.8) is 0 Å². The van der Waals surface area contributed by atoms with E-state index in [0.29, 0.717) is 54.6 Å². The Morgan fingerprint density at radius 2 is 1.81 bits per heavy atom. The average molecular weight is 522 g/mol. The van der Waals surface area contributed by atoms with Crippen molar-refractivity contribution >= 4 is 34.1 Å². The van der Waals surface area contributed by atoms with Crippen molar-refractivity contribution in [2.45, 2.75) is 36.7 Å². The number of aromatic amines is 1. The minimum Gasteiger partial charge on any atom is -0.389 e. The first-order chi connectivity index (χ1) is 17.9. The summed E-state index contributed by atoms with van der Waals surface area (Å²) in [6.45, 7) is 2.77. The molecule has 3 heterocycles. The molecule has 1 aliphatic rings. The Balaban J connectivity index is 1.17. The quantitative estimate of drug-likeness (QED) is 0.274. The van der Waals surface area contributed by atoms with Gasteiger partial charge in [-0.25, -0.2) is 22.9 Å². The number of benzene rings is 2. The Morgan fingerprint density at radius 3 is 2.51 bits per heavy atom. The Hall–Kier alpha value is -3.67. The highest BCUT2D eigenvalue weighted by Gasteiger charge is 2.35. The van der Waals surface area contributed by atoms with Gasteiger partial charge in [-0.2, -0.15) is 4.98 Å². The number of nitrogens with zero attached hydrogens (tertiary/aromatic N) is 4. The summed E-state index contributed by atoms with van der Waals surface area (Å²) in [6, 6.07) is 13.8.